The number of nitrogens with two attached hydrogens (primary N) is 1. The highest BCUT2D eigenvalue weighted by Gasteiger charge is 2.22. The van der Waals surface area contributed by atoms with Crippen molar-refractivity contribution in [3.63, 3.8) is 0 Å². The molecular formula is C11H24N2O. The maximum Gasteiger partial charge on any atom is 0.0587 e. The highest BCUT2D eigenvalue weighted by atomic mass is 16.3. The fourth-order valence-corrected chi connectivity index (χ4v) is 2.04. The third-order valence-electron chi connectivity index (χ3n) is 3.22. The lowest BCUT2D eigenvalue weighted by molar-refractivity contribution is 0.185. The maximum atomic E-state index is 9.19. The number of rotatable bonds is 4. The van der Waals surface area contributed by atoms with E-state index in [0.29, 0.717) is 18.0 Å². The van der Waals surface area contributed by atoms with Crippen molar-refractivity contribution in [2.24, 2.45) is 11.7 Å². The molecule has 1 atom stereocenters. The van der Waals surface area contributed by atoms with Gasteiger partial charge in [-0.05, 0) is 31.6 Å². The predicted octanol–water partition coefficient (Wildman–Crippen LogP) is 0.863. The van der Waals surface area contributed by atoms with Gasteiger partial charge in [0.25, 0.3) is 0 Å². The summed E-state index contributed by atoms with van der Waals surface area (Å²) in [7, 11) is 0. The molecule has 1 aliphatic rings. The van der Waals surface area contributed by atoms with Gasteiger partial charge in [-0.15, -0.1) is 0 Å². The molecule has 14 heavy (non-hydrogen) atoms. The minimum absolute atomic E-state index is 0.236. The molecule has 0 amide bonds. The van der Waals surface area contributed by atoms with Gasteiger partial charge < -0.3 is 16.2 Å². The van der Waals surface area contributed by atoms with Gasteiger partial charge in [0.1, 0.15) is 0 Å². The summed E-state index contributed by atoms with van der Waals surface area (Å²) in [4.78, 5) is 0. The highest BCUT2D eigenvalue weighted by molar-refractivity contribution is 4.82. The van der Waals surface area contributed by atoms with Crippen LogP contribution in [0.25, 0.3) is 0 Å². The number of nitrogens with one attached hydrogen (secondary N) is 1. The third-order valence-corrected chi connectivity index (χ3v) is 3.22. The minimum atomic E-state index is 0.236. The van der Waals surface area contributed by atoms with Gasteiger partial charge in [0, 0.05) is 18.1 Å². The molecule has 0 aromatic rings. The summed E-state index contributed by atoms with van der Waals surface area (Å²) in [6.45, 7) is 4.52. The van der Waals surface area contributed by atoms with Crippen LogP contribution in [0.1, 0.15) is 39.5 Å². The first-order valence-corrected chi connectivity index (χ1v) is 5.76. The molecule has 3 nitrogen and oxygen atoms in total. The lowest BCUT2D eigenvalue weighted by Gasteiger charge is -2.31. The minimum Gasteiger partial charge on any atom is -0.395 e. The molecule has 0 aliphatic heterocycles. The Kier molecular flexibility index (Phi) is 4.85. The summed E-state index contributed by atoms with van der Waals surface area (Å²) in [5.41, 5.74) is 5.84. The first-order chi connectivity index (χ1) is 6.63. The molecule has 0 unspecified atom stereocenters. The molecule has 1 saturated carbocycles. The van der Waals surface area contributed by atoms with Crippen LogP contribution in [0.5, 0.6) is 0 Å². The van der Waals surface area contributed by atoms with Crippen LogP contribution in [0, 0.1) is 5.92 Å². The zero-order valence-electron chi connectivity index (χ0n) is 9.37. The normalized spacial score (nSPS) is 30.6. The van der Waals surface area contributed by atoms with Crippen LogP contribution in [0.15, 0.2) is 0 Å². The fraction of sp³-hybridized carbons (Fsp3) is 1.00. The fourth-order valence-electron chi connectivity index (χ4n) is 2.04. The zero-order chi connectivity index (χ0) is 10.6. The monoisotopic (exact) mass is 200 g/mol. The number of hydrogen-bond donors (Lipinski definition) is 3. The van der Waals surface area contributed by atoms with Crippen molar-refractivity contribution >= 4 is 0 Å². The summed E-state index contributed by atoms with van der Waals surface area (Å²) in [6, 6.07) is 1.21. The van der Waals surface area contributed by atoms with E-state index in [1.807, 2.05) is 0 Å². The number of aliphatic hydroxyl groups excluding tert-OH is 1. The second kappa shape index (κ2) is 5.69. The maximum absolute atomic E-state index is 9.19. The summed E-state index contributed by atoms with van der Waals surface area (Å²) in [5, 5.41) is 12.7. The summed E-state index contributed by atoms with van der Waals surface area (Å²) in [6.07, 6.45) is 4.55. The Morgan fingerprint density at radius 1 is 1.29 bits per heavy atom. The van der Waals surface area contributed by atoms with Crippen LogP contribution in [0.2, 0.25) is 0 Å². The van der Waals surface area contributed by atoms with Crippen LogP contribution in [0.4, 0.5) is 0 Å². The van der Waals surface area contributed by atoms with Gasteiger partial charge in [-0.3, -0.25) is 0 Å². The van der Waals surface area contributed by atoms with E-state index in [9.17, 15) is 5.11 Å². The Morgan fingerprint density at radius 2 is 1.86 bits per heavy atom. The van der Waals surface area contributed by atoms with Crippen molar-refractivity contribution in [2.75, 3.05) is 6.61 Å². The number of hydrogen-bond acceptors (Lipinski definition) is 3. The van der Waals surface area contributed by atoms with E-state index in [0.717, 1.165) is 25.7 Å². The van der Waals surface area contributed by atoms with Crippen LogP contribution < -0.4 is 11.1 Å². The van der Waals surface area contributed by atoms with Crippen molar-refractivity contribution in [2.45, 2.75) is 57.7 Å². The zero-order valence-corrected chi connectivity index (χ0v) is 9.37. The average molecular weight is 200 g/mol. The molecular weight excluding hydrogens is 176 g/mol. The lowest BCUT2D eigenvalue weighted by Crippen LogP contribution is -2.46. The van der Waals surface area contributed by atoms with Gasteiger partial charge >= 0.3 is 0 Å². The van der Waals surface area contributed by atoms with E-state index >= 15 is 0 Å². The quantitative estimate of drug-likeness (QED) is 0.631. The van der Waals surface area contributed by atoms with Crippen molar-refractivity contribution in [3.8, 4) is 0 Å². The first-order valence-electron chi connectivity index (χ1n) is 5.76. The van der Waals surface area contributed by atoms with Crippen molar-refractivity contribution in [3.05, 3.63) is 0 Å². The molecule has 0 aromatic carbocycles. The van der Waals surface area contributed by atoms with Gasteiger partial charge in [-0.1, -0.05) is 13.8 Å². The van der Waals surface area contributed by atoms with Gasteiger partial charge in [0.05, 0.1) is 6.61 Å². The third kappa shape index (κ3) is 3.56. The molecule has 3 heteroatoms. The molecule has 0 radical (unpaired) electrons. The smallest absolute Gasteiger partial charge is 0.0587 e. The van der Waals surface area contributed by atoms with E-state index in [4.69, 9.17) is 5.73 Å². The van der Waals surface area contributed by atoms with Gasteiger partial charge in [0.2, 0.25) is 0 Å². The van der Waals surface area contributed by atoms with Crippen molar-refractivity contribution in [1.82, 2.24) is 5.32 Å². The molecule has 0 spiro atoms. The molecule has 1 fully saturated rings. The molecule has 0 bridgehead atoms. The molecule has 84 valence electrons. The van der Waals surface area contributed by atoms with E-state index in [1.165, 1.54) is 0 Å². The first kappa shape index (κ1) is 12.0. The van der Waals surface area contributed by atoms with Crippen LogP contribution in [-0.2, 0) is 0 Å². The van der Waals surface area contributed by atoms with Crippen LogP contribution in [0.3, 0.4) is 0 Å². The van der Waals surface area contributed by atoms with Crippen LogP contribution >= 0.6 is 0 Å². The van der Waals surface area contributed by atoms with Gasteiger partial charge in [-0.2, -0.15) is 0 Å². The van der Waals surface area contributed by atoms with Gasteiger partial charge in [-0.25, -0.2) is 0 Å². The Balaban J connectivity index is 2.29. The molecule has 0 saturated heterocycles. The Labute approximate surface area is 87.1 Å². The second-order valence-corrected chi connectivity index (χ2v) is 4.81. The summed E-state index contributed by atoms with van der Waals surface area (Å²) in [5.74, 6) is 0.496. The summed E-state index contributed by atoms with van der Waals surface area (Å²) < 4.78 is 0. The molecule has 1 aliphatic carbocycles. The molecule has 0 aromatic heterocycles. The predicted molar refractivity (Wildman–Crippen MR) is 59.1 cm³/mol. The second-order valence-electron chi connectivity index (χ2n) is 4.81. The average Bonchev–Trinajstić information content (AvgIpc) is 2.16. The lowest BCUT2D eigenvalue weighted by atomic mass is 9.90. The highest BCUT2D eigenvalue weighted by Crippen LogP contribution is 2.18. The van der Waals surface area contributed by atoms with E-state index < -0.39 is 0 Å². The Hall–Kier alpha value is -0.120. The SMILES string of the molecule is CC(C)[C@@H](CO)NC1CCC(N)CC1. The standard InChI is InChI=1S/C11H24N2O/c1-8(2)11(7-14)13-10-5-3-9(12)4-6-10/h8-11,13-14H,3-7,12H2,1-2H3/t9?,10?,11-/m1/s1. The van der Waals surface area contributed by atoms with E-state index in [1.54, 1.807) is 0 Å². The van der Waals surface area contributed by atoms with Crippen molar-refractivity contribution < 1.29 is 5.11 Å². The Morgan fingerprint density at radius 3 is 2.29 bits per heavy atom. The number of aliphatic hydroxyl groups is 1. The topological polar surface area (TPSA) is 58.3 Å². The van der Waals surface area contributed by atoms with E-state index in [-0.39, 0.29) is 12.6 Å². The van der Waals surface area contributed by atoms with Gasteiger partial charge in [0.15, 0.2) is 0 Å². The molecule has 4 N–H and O–H groups in total. The summed E-state index contributed by atoms with van der Waals surface area (Å²) >= 11 is 0. The molecule has 0 heterocycles. The van der Waals surface area contributed by atoms with Crippen LogP contribution in [-0.4, -0.2) is 29.8 Å². The molecule has 1 rings (SSSR count). The Bertz CT molecular complexity index is 153. The largest absolute Gasteiger partial charge is 0.395 e. The van der Waals surface area contributed by atoms with E-state index in [2.05, 4.69) is 19.2 Å². The van der Waals surface area contributed by atoms with Crippen molar-refractivity contribution in [1.29, 1.82) is 0 Å².